The van der Waals surface area contributed by atoms with E-state index in [-0.39, 0.29) is 23.6 Å². The highest BCUT2D eigenvalue weighted by molar-refractivity contribution is 5.98. The third kappa shape index (κ3) is 7.79. The number of benzene rings is 3. The van der Waals surface area contributed by atoms with Crippen LogP contribution in [0.4, 0.5) is 5.69 Å². The molecule has 6 N–H and O–H groups in total. The van der Waals surface area contributed by atoms with E-state index < -0.39 is 6.04 Å². The van der Waals surface area contributed by atoms with Crippen LogP contribution >= 0.6 is 0 Å². The van der Waals surface area contributed by atoms with Crippen LogP contribution in [-0.2, 0) is 16.0 Å². The van der Waals surface area contributed by atoms with E-state index >= 15 is 0 Å². The van der Waals surface area contributed by atoms with Crippen LogP contribution in [0, 0.1) is 11.8 Å². The summed E-state index contributed by atoms with van der Waals surface area (Å²) in [6.45, 7) is 0.640. The van der Waals surface area contributed by atoms with Crippen LogP contribution in [0.3, 0.4) is 0 Å². The molecule has 0 radical (unpaired) electrons. The van der Waals surface area contributed by atoms with Crippen LogP contribution in [0.2, 0.25) is 0 Å². The number of nitrogens with zero attached hydrogens (tertiary/aromatic N) is 3. The molecule has 0 bridgehead atoms. The Morgan fingerprint density at radius 2 is 1.47 bits per heavy atom. The van der Waals surface area contributed by atoms with E-state index in [9.17, 15) is 14.4 Å². The highest BCUT2D eigenvalue weighted by atomic mass is 16.2. The van der Waals surface area contributed by atoms with Crippen LogP contribution in [0.5, 0.6) is 0 Å². The summed E-state index contributed by atoms with van der Waals surface area (Å²) in [6.07, 6.45) is 5.82. The fourth-order valence-electron chi connectivity index (χ4n) is 5.75. The van der Waals surface area contributed by atoms with E-state index in [1.165, 1.54) is 0 Å². The van der Waals surface area contributed by atoms with Crippen molar-refractivity contribution in [3.05, 3.63) is 83.9 Å². The van der Waals surface area contributed by atoms with Gasteiger partial charge in [0.1, 0.15) is 6.04 Å². The molecule has 2 aliphatic carbocycles. The summed E-state index contributed by atoms with van der Waals surface area (Å²) < 4.78 is 0. The number of carbonyl (C=O) groups excluding carboxylic acids is 3. The fourth-order valence-corrected chi connectivity index (χ4v) is 5.75. The first-order valence-corrected chi connectivity index (χ1v) is 15.6. The lowest BCUT2D eigenvalue weighted by molar-refractivity contribution is -0.130. The molecule has 0 spiro atoms. The Kier molecular flexibility index (Phi) is 9.25. The third-order valence-electron chi connectivity index (χ3n) is 8.73. The SMILES string of the molecule is NCC1CCC(C(=O)NC(Cc2ccc(-c3ccc(C(=O)NC4CC4)cc3)cc2)C(=O)Nc2ccc(-c3nn[nH]n3)cc2)CC1. The molecule has 2 aliphatic rings. The second kappa shape index (κ2) is 13.8. The van der Waals surface area contributed by atoms with Crippen molar-refractivity contribution >= 4 is 23.4 Å². The second-order valence-corrected chi connectivity index (χ2v) is 12.0. The largest absolute Gasteiger partial charge is 0.349 e. The van der Waals surface area contributed by atoms with E-state index in [1.807, 2.05) is 48.5 Å². The number of carbonyl (C=O) groups is 3. The topological polar surface area (TPSA) is 168 Å². The summed E-state index contributed by atoms with van der Waals surface area (Å²) in [5.41, 5.74) is 10.7. The predicted molar refractivity (Wildman–Crippen MR) is 171 cm³/mol. The zero-order valence-corrected chi connectivity index (χ0v) is 25.0. The standard InChI is InChI=1S/C34H38N8O3/c35-20-22-3-7-26(8-4-22)33(44)38-30(34(45)37-28-15-13-25(14-16-28)31-39-41-42-40-31)19-21-1-5-23(6-2-21)24-9-11-27(12-10-24)32(43)36-29-17-18-29/h1-2,5-6,9-16,22,26,29-30H,3-4,7-8,17-20,35H2,(H,36,43)(H,37,45)(H,38,44)(H,39,40,41,42). The fraction of sp³-hybridized carbons (Fsp3) is 0.353. The van der Waals surface area contributed by atoms with Gasteiger partial charge in [-0.3, -0.25) is 14.4 Å². The normalized spacial score (nSPS) is 18.5. The van der Waals surface area contributed by atoms with Gasteiger partial charge in [-0.2, -0.15) is 5.21 Å². The maximum atomic E-state index is 13.6. The second-order valence-electron chi connectivity index (χ2n) is 12.0. The van der Waals surface area contributed by atoms with Crippen molar-refractivity contribution in [2.24, 2.45) is 17.6 Å². The Balaban J connectivity index is 1.13. The smallest absolute Gasteiger partial charge is 0.251 e. The summed E-state index contributed by atoms with van der Waals surface area (Å²) >= 11 is 0. The molecule has 1 aromatic heterocycles. The number of nitrogens with two attached hydrogens (primary N) is 1. The molecule has 11 heteroatoms. The molecule has 45 heavy (non-hydrogen) atoms. The van der Waals surface area contributed by atoms with Crippen molar-refractivity contribution in [2.45, 2.75) is 57.0 Å². The maximum absolute atomic E-state index is 13.6. The van der Waals surface area contributed by atoms with Crippen molar-refractivity contribution in [3.8, 4) is 22.5 Å². The van der Waals surface area contributed by atoms with Crippen LogP contribution in [0.15, 0.2) is 72.8 Å². The number of H-pyrrole nitrogens is 1. The molecule has 0 aliphatic heterocycles. The predicted octanol–water partition coefficient (Wildman–Crippen LogP) is 3.86. The van der Waals surface area contributed by atoms with Crippen molar-refractivity contribution in [1.82, 2.24) is 31.3 Å². The average molecular weight is 607 g/mol. The molecule has 2 saturated carbocycles. The molecule has 1 unspecified atom stereocenters. The van der Waals surface area contributed by atoms with Crippen LogP contribution in [0.25, 0.3) is 22.5 Å². The van der Waals surface area contributed by atoms with E-state index in [0.29, 0.717) is 42.0 Å². The molecule has 1 atom stereocenters. The van der Waals surface area contributed by atoms with Crippen molar-refractivity contribution in [3.63, 3.8) is 0 Å². The molecule has 3 amide bonds. The molecular weight excluding hydrogens is 568 g/mol. The van der Waals surface area contributed by atoms with Gasteiger partial charge in [-0.25, -0.2) is 0 Å². The minimum Gasteiger partial charge on any atom is -0.349 e. The molecule has 1 heterocycles. The van der Waals surface area contributed by atoms with Gasteiger partial charge in [0.2, 0.25) is 17.6 Å². The minimum atomic E-state index is -0.767. The van der Waals surface area contributed by atoms with E-state index in [0.717, 1.165) is 60.8 Å². The van der Waals surface area contributed by atoms with Gasteiger partial charge < -0.3 is 21.7 Å². The average Bonchev–Trinajstić information content (AvgIpc) is 3.72. The highest BCUT2D eigenvalue weighted by Crippen LogP contribution is 2.29. The number of nitrogens with one attached hydrogen (secondary N) is 4. The van der Waals surface area contributed by atoms with Gasteiger partial charge in [0, 0.05) is 35.2 Å². The molecule has 2 fully saturated rings. The zero-order chi connectivity index (χ0) is 31.2. The molecule has 3 aromatic carbocycles. The van der Waals surface area contributed by atoms with Gasteiger partial charge in [0.15, 0.2) is 0 Å². The Morgan fingerprint density at radius 3 is 2.07 bits per heavy atom. The maximum Gasteiger partial charge on any atom is 0.251 e. The summed E-state index contributed by atoms with van der Waals surface area (Å²) in [5.74, 6) is 0.352. The summed E-state index contributed by atoms with van der Waals surface area (Å²) in [7, 11) is 0. The lowest BCUT2D eigenvalue weighted by Crippen LogP contribution is -2.48. The Hall–Kier alpha value is -4.90. The highest BCUT2D eigenvalue weighted by Gasteiger charge is 2.29. The first-order chi connectivity index (χ1) is 21.9. The van der Waals surface area contributed by atoms with Crippen LogP contribution in [0.1, 0.15) is 54.4 Å². The number of hydrogen-bond donors (Lipinski definition) is 5. The molecule has 4 aromatic rings. The number of tetrazole rings is 1. The molecule has 232 valence electrons. The molecular formula is C34H38N8O3. The minimum absolute atomic E-state index is 0.0406. The number of anilines is 1. The number of amides is 3. The van der Waals surface area contributed by atoms with Gasteiger partial charge in [0.05, 0.1) is 0 Å². The van der Waals surface area contributed by atoms with E-state index in [1.54, 1.807) is 24.3 Å². The molecule has 11 nitrogen and oxygen atoms in total. The number of hydrogen-bond acceptors (Lipinski definition) is 7. The quantitative estimate of drug-likeness (QED) is 0.173. The van der Waals surface area contributed by atoms with E-state index in [4.69, 9.17) is 5.73 Å². The lowest BCUT2D eigenvalue weighted by atomic mass is 9.81. The Morgan fingerprint density at radius 1 is 0.822 bits per heavy atom. The van der Waals surface area contributed by atoms with Crippen LogP contribution in [-0.4, -0.2) is 57.0 Å². The van der Waals surface area contributed by atoms with Gasteiger partial charge >= 0.3 is 0 Å². The van der Waals surface area contributed by atoms with Crippen molar-refractivity contribution < 1.29 is 14.4 Å². The Labute approximate surface area is 261 Å². The van der Waals surface area contributed by atoms with Gasteiger partial charge in [0.25, 0.3) is 5.91 Å². The number of aromatic amines is 1. The monoisotopic (exact) mass is 606 g/mol. The van der Waals surface area contributed by atoms with Gasteiger partial charge in [-0.15, -0.1) is 10.2 Å². The molecule has 6 rings (SSSR count). The van der Waals surface area contributed by atoms with Gasteiger partial charge in [-0.05, 0) is 109 Å². The van der Waals surface area contributed by atoms with E-state index in [2.05, 4.69) is 36.6 Å². The summed E-state index contributed by atoms with van der Waals surface area (Å²) in [5, 5.41) is 23.0. The Bertz CT molecular complexity index is 1590. The molecule has 0 saturated heterocycles. The summed E-state index contributed by atoms with van der Waals surface area (Å²) in [6, 6.07) is 22.2. The summed E-state index contributed by atoms with van der Waals surface area (Å²) in [4.78, 5) is 39.3. The zero-order valence-electron chi connectivity index (χ0n) is 25.0. The number of aromatic nitrogens is 4. The van der Waals surface area contributed by atoms with Crippen molar-refractivity contribution in [1.29, 1.82) is 0 Å². The lowest BCUT2D eigenvalue weighted by Gasteiger charge is -2.28. The first-order valence-electron chi connectivity index (χ1n) is 15.6. The van der Waals surface area contributed by atoms with Crippen LogP contribution < -0.4 is 21.7 Å². The number of rotatable bonds is 11. The first kappa shape index (κ1) is 30.1. The van der Waals surface area contributed by atoms with Crippen molar-refractivity contribution in [2.75, 3.05) is 11.9 Å². The van der Waals surface area contributed by atoms with Gasteiger partial charge in [-0.1, -0.05) is 36.4 Å². The third-order valence-corrected chi connectivity index (χ3v) is 8.73.